The van der Waals surface area contributed by atoms with Gasteiger partial charge in [-0.2, -0.15) is 16.4 Å². The first-order valence-corrected chi connectivity index (χ1v) is 12.7. The quantitative estimate of drug-likeness (QED) is 0.0945. The first-order valence-electron chi connectivity index (χ1n) is 10.3. The zero-order valence-electron chi connectivity index (χ0n) is 18.5. The lowest BCUT2D eigenvalue weighted by molar-refractivity contribution is -0.352. The number of thiophene rings is 1. The summed E-state index contributed by atoms with van der Waals surface area (Å²) in [5.74, 6) is -1.01. The first-order chi connectivity index (χ1) is 16.7. The summed E-state index contributed by atoms with van der Waals surface area (Å²) in [5, 5.41) is 19.0. The van der Waals surface area contributed by atoms with E-state index in [1.807, 2.05) is 0 Å². The van der Waals surface area contributed by atoms with E-state index in [0.29, 0.717) is 22.4 Å². The van der Waals surface area contributed by atoms with Crippen molar-refractivity contribution in [3.05, 3.63) is 86.1 Å². The van der Waals surface area contributed by atoms with E-state index in [-0.39, 0.29) is 40.4 Å². The van der Waals surface area contributed by atoms with Crippen LogP contribution in [-0.4, -0.2) is 30.5 Å². The van der Waals surface area contributed by atoms with Gasteiger partial charge in [0.05, 0.1) is 6.54 Å². The lowest BCUT2D eigenvalue weighted by Gasteiger charge is -2.12. The summed E-state index contributed by atoms with van der Waals surface area (Å²) in [5.41, 5.74) is 13.4. The molecule has 35 heavy (non-hydrogen) atoms. The molecular formula is C23H23FN5O4PS+2. The van der Waals surface area contributed by atoms with Crippen LogP contribution in [0.4, 0.5) is 15.8 Å². The van der Waals surface area contributed by atoms with E-state index in [9.17, 15) is 24.1 Å². The summed E-state index contributed by atoms with van der Waals surface area (Å²) >= 11 is 1.39. The van der Waals surface area contributed by atoms with Crippen LogP contribution in [0.5, 0.6) is 5.75 Å². The number of halogens is 1. The van der Waals surface area contributed by atoms with Crippen LogP contribution in [0.15, 0.2) is 58.0 Å². The highest BCUT2D eigenvalue weighted by Gasteiger charge is 2.26. The number of rotatable bonds is 6. The van der Waals surface area contributed by atoms with Gasteiger partial charge in [-0.05, 0) is 47.7 Å². The SMILES string of the molecule is Cc1cc(Cn2nc(-c3ccsc3)c(O)c(C(N)=[NH+]c3ccc(N)cc3[PH+](O)O)c2=O)ccc1F. The lowest BCUT2D eigenvalue weighted by Crippen LogP contribution is -2.72. The summed E-state index contributed by atoms with van der Waals surface area (Å²) < 4.78 is 14.9. The number of nitrogens with zero attached hydrogens (tertiary/aromatic N) is 2. The predicted octanol–water partition coefficient (Wildman–Crippen LogP) is 0.527. The van der Waals surface area contributed by atoms with Crippen molar-refractivity contribution in [3.63, 3.8) is 0 Å². The Morgan fingerprint density at radius 1 is 1.23 bits per heavy atom. The van der Waals surface area contributed by atoms with E-state index in [0.717, 1.165) is 4.68 Å². The van der Waals surface area contributed by atoms with E-state index in [1.165, 1.54) is 35.6 Å². The van der Waals surface area contributed by atoms with Crippen LogP contribution in [0.2, 0.25) is 0 Å². The minimum absolute atomic E-state index is 0.00515. The molecule has 2 aromatic heterocycles. The molecule has 0 aliphatic heterocycles. The normalized spacial score (nSPS) is 11.9. The number of amidine groups is 1. The standard InChI is InChI=1S/C23H21FN5O4PS/c1-12-8-13(2-4-16(12)24)10-29-23(31)19(21(30)20(28-29)14-6-7-35-11-14)22(26)27-17-5-3-15(25)9-18(17)34(32)33/h2-9,11,30,32-33H,10,25H2,1H3,(H2,26,27)/p+2. The third-order valence-corrected chi connectivity index (χ3v) is 6.88. The number of nitrogens with two attached hydrogens (primary N) is 2. The molecular weight excluding hydrogens is 492 g/mol. The van der Waals surface area contributed by atoms with Gasteiger partial charge in [0.1, 0.15) is 11.5 Å². The molecule has 2 heterocycles. The van der Waals surface area contributed by atoms with Crippen LogP contribution in [0.25, 0.3) is 11.3 Å². The second-order valence-corrected chi connectivity index (χ2v) is 9.76. The maximum atomic E-state index is 13.7. The molecule has 0 saturated carbocycles. The molecule has 9 nitrogen and oxygen atoms in total. The van der Waals surface area contributed by atoms with Crippen molar-refractivity contribution in [1.29, 1.82) is 0 Å². The fourth-order valence-electron chi connectivity index (χ4n) is 3.55. The molecule has 4 aromatic rings. The van der Waals surface area contributed by atoms with Crippen molar-refractivity contribution in [3.8, 4) is 17.0 Å². The Kier molecular flexibility index (Phi) is 6.95. The number of benzene rings is 2. The van der Waals surface area contributed by atoms with E-state index in [2.05, 4.69) is 10.1 Å². The number of nitrogens with one attached hydrogen (secondary N) is 1. The average Bonchev–Trinajstić information content (AvgIpc) is 3.34. The van der Waals surface area contributed by atoms with Gasteiger partial charge in [0, 0.05) is 22.7 Å². The van der Waals surface area contributed by atoms with E-state index in [1.54, 1.807) is 35.9 Å². The van der Waals surface area contributed by atoms with Crippen LogP contribution in [0.3, 0.4) is 0 Å². The molecule has 2 aromatic carbocycles. The number of anilines is 1. The zero-order chi connectivity index (χ0) is 25.3. The third-order valence-electron chi connectivity index (χ3n) is 5.30. The van der Waals surface area contributed by atoms with Crippen molar-refractivity contribution in [2.24, 2.45) is 5.73 Å². The third kappa shape index (κ3) is 5.08. The number of aromatic nitrogens is 2. The Bertz CT molecular complexity index is 1490. The number of nitrogen functional groups attached to an aromatic ring is 2. The molecule has 0 radical (unpaired) electrons. The second-order valence-electron chi connectivity index (χ2n) is 7.80. The molecule has 4 rings (SSSR count). The maximum Gasteiger partial charge on any atom is 0.292 e. The molecule has 0 aliphatic rings. The van der Waals surface area contributed by atoms with Gasteiger partial charge < -0.3 is 10.8 Å². The predicted molar refractivity (Wildman–Crippen MR) is 136 cm³/mol. The molecule has 0 atom stereocenters. The van der Waals surface area contributed by atoms with Crippen LogP contribution in [0.1, 0.15) is 16.7 Å². The van der Waals surface area contributed by atoms with Crippen LogP contribution in [-0.2, 0) is 6.54 Å². The second kappa shape index (κ2) is 9.93. The van der Waals surface area contributed by atoms with Gasteiger partial charge in [-0.3, -0.25) is 10.5 Å². The lowest BCUT2D eigenvalue weighted by atomic mass is 10.1. The van der Waals surface area contributed by atoms with E-state index >= 15 is 0 Å². The zero-order valence-corrected chi connectivity index (χ0v) is 20.3. The van der Waals surface area contributed by atoms with Gasteiger partial charge in [0.2, 0.25) is 0 Å². The summed E-state index contributed by atoms with van der Waals surface area (Å²) in [7, 11) is -2.91. The van der Waals surface area contributed by atoms with Gasteiger partial charge >= 0.3 is 0 Å². The minimum Gasteiger partial charge on any atom is -0.505 e. The molecule has 0 spiro atoms. The summed E-state index contributed by atoms with van der Waals surface area (Å²) in [6.07, 6.45) is 0. The molecule has 8 N–H and O–H groups in total. The largest absolute Gasteiger partial charge is 0.505 e. The van der Waals surface area contributed by atoms with Crippen LogP contribution in [0, 0.1) is 12.7 Å². The molecule has 0 saturated heterocycles. The fourth-order valence-corrected chi connectivity index (χ4v) is 4.87. The highest BCUT2D eigenvalue weighted by Crippen LogP contribution is 2.30. The van der Waals surface area contributed by atoms with Crippen molar-refractivity contribution in [2.45, 2.75) is 13.5 Å². The Balaban J connectivity index is 1.90. The monoisotopic (exact) mass is 515 g/mol. The summed E-state index contributed by atoms with van der Waals surface area (Å²) in [6, 6.07) is 10.6. The van der Waals surface area contributed by atoms with Gasteiger partial charge in [0.15, 0.2) is 22.3 Å². The molecule has 0 fully saturated rings. The molecule has 0 aliphatic carbocycles. The Morgan fingerprint density at radius 3 is 2.66 bits per heavy atom. The first kappa shape index (κ1) is 24.5. The van der Waals surface area contributed by atoms with Gasteiger partial charge in [-0.25, -0.2) is 23.9 Å². The highest BCUT2D eigenvalue weighted by molar-refractivity contribution is 7.54. The smallest absolute Gasteiger partial charge is 0.292 e. The van der Waals surface area contributed by atoms with Gasteiger partial charge in [-0.15, -0.1) is 0 Å². The minimum atomic E-state index is -2.91. The van der Waals surface area contributed by atoms with Crippen molar-refractivity contribution in [2.75, 3.05) is 5.73 Å². The number of aryl methyl sites for hydroxylation is 1. The Morgan fingerprint density at radius 2 is 2.00 bits per heavy atom. The van der Waals surface area contributed by atoms with Crippen molar-refractivity contribution >= 4 is 42.2 Å². The van der Waals surface area contributed by atoms with E-state index < -0.39 is 19.7 Å². The highest BCUT2D eigenvalue weighted by atomic mass is 32.1. The fraction of sp³-hybridized carbons (Fsp3) is 0.0870. The summed E-state index contributed by atoms with van der Waals surface area (Å²) in [4.78, 5) is 35.8. The van der Waals surface area contributed by atoms with Gasteiger partial charge in [-0.1, -0.05) is 12.1 Å². The Labute approximate surface area is 204 Å². The maximum absolute atomic E-state index is 13.7. The Hall–Kier alpha value is -3.63. The molecule has 0 bridgehead atoms. The van der Waals surface area contributed by atoms with E-state index in [4.69, 9.17) is 11.5 Å². The number of hydrogen-bond acceptors (Lipinski definition) is 7. The summed E-state index contributed by atoms with van der Waals surface area (Å²) in [6.45, 7) is 1.62. The van der Waals surface area contributed by atoms with Crippen molar-refractivity contribution < 1.29 is 24.3 Å². The molecule has 12 heteroatoms. The van der Waals surface area contributed by atoms with Crippen LogP contribution >= 0.6 is 19.7 Å². The molecule has 0 unspecified atom stereocenters. The van der Waals surface area contributed by atoms with Crippen LogP contribution < -0.4 is 27.3 Å². The molecule has 180 valence electrons. The molecule has 0 amide bonds. The van der Waals surface area contributed by atoms with Gasteiger partial charge in [0.25, 0.3) is 19.8 Å². The van der Waals surface area contributed by atoms with Crippen molar-refractivity contribution in [1.82, 2.24) is 9.78 Å². The topological polar surface area (TPSA) is 162 Å². The number of hydrogen-bond donors (Lipinski definition) is 6. The average molecular weight is 516 g/mol. The number of aromatic hydroxyl groups is 1.